The van der Waals surface area contributed by atoms with Crippen molar-refractivity contribution in [2.45, 2.75) is 133 Å². The van der Waals surface area contributed by atoms with Gasteiger partial charge in [0.1, 0.15) is 18.5 Å². The number of thiocarbonyl (C=S) groups is 3. The summed E-state index contributed by atoms with van der Waals surface area (Å²) in [5, 5.41) is 26.2. The van der Waals surface area contributed by atoms with Gasteiger partial charge in [-0.3, -0.25) is 19.2 Å². The minimum atomic E-state index is -1.31. The second-order valence-electron chi connectivity index (χ2n) is 18.1. The lowest BCUT2D eigenvalue weighted by Gasteiger charge is -2.29. The van der Waals surface area contributed by atoms with Crippen LogP contribution in [0.15, 0.2) is 103 Å². The molecule has 4 aromatic carbocycles. The number of esters is 2. The van der Waals surface area contributed by atoms with Crippen molar-refractivity contribution in [1.82, 2.24) is 31.9 Å². The van der Waals surface area contributed by atoms with Crippen LogP contribution in [0.5, 0.6) is 0 Å². The van der Waals surface area contributed by atoms with Crippen LogP contribution in [0.25, 0.3) is 0 Å². The van der Waals surface area contributed by atoms with E-state index in [1.807, 2.05) is 44.2 Å². The van der Waals surface area contributed by atoms with Gasteiger partial charge in [-0.05, 0) is 156 Å². The second kappa shape index (κ2) is 37.8. The van der Waals surface area contributed by atoms with Crippen molar-refractivity contribution in [3.05, 3.63) is 125 Å². The monoisotopic (exact) mass is 1310 g/mol. The Morgan fingerprint density at radius 3 is 1.11 bits per heavy atom. The second-order valence-corrected chi connectivity index (χ2v) is 24.6. The molecule has 4 rings (SSSR count). The van der Waals surface area contributed by atoms with Gasteiger partial charge in [0.25, 0.3) is 0 Å². The maximum atomic E-state index is 12.3. The first kappa shape index (κ1) is 74.7. The van der Waals surface area contributed by atoms with Crippen molar-refractivity contribution in [3.8, 4) is 0 Å². The number of amides is 3. The Bertz CT molecular complexity index is 2700. The molecule has 0 bridgehead atoms. The number of unbranched alkanes of at least 4 members (excludes halogenated alkanes) is 2. The first-order valence-electron chi connectivity index (χ1n) is 25.4. The highest BCUT2D eigenvalue weighted by Gasteiger charge is 2.34. The van der Waals surface area contributed by atoms with E-state index in [0.717, 1.165) is 31.2 Å². The number of alkyl halides is 6. The fourth-order valence-corrected chi connectivity index (χ4v) is 7.54. The number of hydrogen-bond donors (Lipinski definition) is 9. The largest absolute Gasteiger partial charge is 0.462 e. The summed E-state index contributed by atoms with van der Waals surface area (Å²) in [6.07, 6.45) is 1.70. The number of carbonyl (C=O) groups is 6. The maximum absolute atomic E-state index is 12.3. The molecule has 0 saturated heterocycles. The Labute approximate surface area is 527 Å². The predicted octanol–water partition coefficient (Wildman–Crippen LogP) is 12.3. The first-order chi connectivity index (χ1) is 37.9. The van der Waals surface area contributed by atoms with Crippen molar-refractivity contribution in [1.29, 1.82) is 0 Å². The number of benzene rings is 4. The molecule has 0 radical (unpaired) electrons. The van der Waals surface area contributed by atoms with E-state index in [4.69, 9.17) is 116 Å². The lowest BCUT2D eigenvalue weighted by atomic mass is 10.1. The number of ether oxygens (including phenoxy) is 2. The third kappa shape index (κ3) is 30.8. The number of rotatable bonds is 24. The molecule has 0 aromatic heterocycles. The molecule has 0 aliphatic carbocycles. The third-order valence-corrected chi connectivity index (χ3v) is 12.6. The number of carbonyl (C=O) groups excluding carboxylic acids is 6. The van der Waals surface area contributed by atoms with Crippen LogP contribution in [-0.2, 0) is 30.3 Å². The molecule has 0 aliphatic heterocycles. The lowest BCUT2D eigenvalue weighted by Crippen LogP contribution is -2.57. The van der Waals surface area contributed by atoms with Crippen LogP contribution in [0.2, 0.25) is 0 Å². The molecule has 82 heavy (non-hydrogen) atoms. The topological polar surface area (TPSA) is 229 Å². The Balaban J connectivity index is 0.000000612. The normalized spacial score (nSPS) is 11.9. The molecule has 0 heterocycles. The first-order valence-corrected chi connectivity index (χ1v) is 28.9. The van der Waals surface area contributed by atoms with Gasteiger partial charge in [0, 0.05) is 36.0 Å². The summed E-state index contributed by atoms with van der Waals surface area (Å²) in [5.74, 6) is -1.51. The highest BCUT2D eigenvalue weighted by Crippen LogP contribution is 2.26. The number of hydrogen-bond acceptors (Lipinski definition) is 11. The highest BCUT2D eigenvalue weighted by molar-refractivity contribution is 7.80. The number of Topliss-reactive ketones (excluding diaryl/α,β-unsaturated/α-hetero) is 1. The zero-order valence-corrected chi connectivity index (χ0v) is 52.9. The average molecular weight is 1310 g/mol. The van der Waals surface area contributed by atoms with E-state index < -0.39 is 31.5 Å². The molecule has 450 valence electrons. The Hall–Kier alpha value is -5.29. The summed E-state index contributed by atoms with van der Waals surface area (Å²) < 4.78 is 6.45. The van der Waals surface area contributed by atoms with Crippen LogP contribution in [0, 0.1) is 0 Å². The van der Waals surface area contributed by atoms with Crippen LogP contribution in [-0.4, -0.2) is 95.5 Å². The van der Waals surface area contributed by atoms with Crippen molar-refractivity contribution in [2.75, 3.05) is 29.2 Å². The minimum absolute atomic E-state index is 0. The zero-order valence-electron chi connectivity index (χ0n) is 46.0. The standard InChI is InChI=1S/C20H21Cl2N3O2S.C18H25Cl2N3O3S.C17H23Cl2N3O3S.CH4/c1-13(26)15-8-10-16(11-9-15)23-19(28)25-18(20(2,21)22)24-17(27)12-14-6-4-3-5-7-14;1-4-6-11-26-15(25)12-7-9-13(10-8-12)21-17(27)23-16(18(3,19)20)22-14(24)5-2;1-4-5-10-25-14(24)12-6-8-13(9-7-12)21-16(26)22-15(17(3,18)19)20-11(2)23;/h3-11,18H,12H2,1-2H3,(H,24,27)(H2,23,25,28);7-10,16H,4-6,11H2,1-3H3,(H,22,24)(H2,21,23,27);6-9,15H,4-5,10H2,1-3H3,(H,20,23)(H2,21,22,26);1H4. The van der Waals surface area contributed by atoms with Gasteiger partial charge in [-0.1, -0.05) is 141 Å². The minimum Gasteiger partial charge on any atom is -0.462 e. The van der Waals surface area contributed by atoms with Gasteiger partial charge in [0.05, 0.1) is 30.8 Å². The van der Waals surface area contributed by atoms with E-state index in [1.54, 1.807) is 93.6 Å². The highest BCUT2D eigenvalue weighted by atomic mass is 35.5. The van der Waals surface area contributed by atoms with Gasteiger partial charge in [-0.2, -0.15) is 0 Å². The van der Waals surface area contributed by atoms with Crippen LogP contribution >= 0.6 is 106 Å². The molecule has 0 saturated carbocycles. The van der Waals surface area contributed by atoms with Gasteiger partial charge >= 0.3 is 11.9 Å². The predicted molar refractivity (Wildman–Crippen MR) is 347 cm³/mol. The Morgan fingerprint density at radius 1 is 0.476 bits per heavy atom. The number of nitrogens with one attached hydrogen (secondary N) is 9. The number of anilines is 3. The summed E-state index contributed by atoms with van der Waals surface area (Å²) in [6.45, 7) is 14.1. The SMILES string of the molecule is C.CC(=O)c1ccc(NC(=S)NC(NC(=O)Cc2ccccc2)C(C)(Cl)Cl)cc1.CCCCOC(=O)c1ccc(NC(=S)NC(NC(=O)CC)C(C)(Cl)Cl)cc1.CCCCOC(=O)c1ccc(NC(=S)NC(NC(C)=O)C(C)(Cl)Cl)cc1. The van der Waals surface area contributed by atoms with E-state index in [0.29, 0.717) is 47.0 Å². The molecule has 3 unspecified atom stereocenters. The molecule has 3 amide bonds. The third-order valence-electron chi connectivity index (χ3n) is 10.6. The van der Waals surface area contributed by atoms with Crippen molar-refractivity contribution in [2.24, 2.45) is 0 Å². The summed E-state index contributed by atoms with van der Waals surface area (Å²) in [5.41, 5.74) is 4.38. The molecule has 9 N–H and O–H groups in total. The van der Waals surface area contributed by atoms with E-state index >= 15 is 0 Å². The van der Waals surface area contributed by atoms with Gasteiger partial charge in [-0.25, -0.2) is 9.59 Å². The van der Waals surface area contributed by atoms with Crippen LogP contribution < -0.4 is 47.9 Å². The Kier molecular flexibility index (Phi) is 34.5. The van der Waals surface area contributed by atoms with E-state index in [9.17, 15) is 28.8 Å². The van der Waals surface area contributed by atoms with E-state index in [2.05, 4.69) is 47.9 Å². The molecule has 0 spiro atoms. The van der Waals surface area contributed by atoms with Crippen LogP contribution in [0.1, 0.15) is 132 Å². The average Bonchev–Trinajstić information content (AvgIpc) is 3.40. The van der Waals surface area contributed by atoms with E-state index in [1.165, 1.54) is 20.8 Å². The van der Waals surface area contributed by atoms with Crippen LogP contribution in [0.3, 0.4) is 0 Å². The lowest BCUT2D eigenvalue weighted by molar-refractivity contribution is -0.122. The van der Waals surface area contributed by atoms with Crippen molar-refractivity contribution in [3.63, 3.8) is 0 Å². The zero-order chi connectivity index (χ0) is 60.9. The molecule has 3 atom stereocenters. The molecule has 17 nitrogen and oxygen atoms in total. The van der Waals surface area contributed by atoms with Gasteiger partial charge < -0.3 is 57.3 Å². The fraction of sp³-hybridized carbons (Fsp3) is 0.411. The number of ketones is 1. The number of halogens is 6. The summed E-state index contributed by atoms with van der Waals surface area (Å²) in [7, 11) is 0. The quantitative estimate of drug-likeness (QED) is 0.00793. The van der Waals surface area contributed by atoms with Gasteiger partial charge in [0.15, 0.2) is 34.1 Å². The molecule has 0 fully saturated rings. The van der Waals surface area contributed by atoms with Crippen molar-refractivity contribution < 1.29 is 38.2 Å². The molecular weight excluding hydrogens is 1240 g/mol. The smallest absolute Gasteiger partial charge is 0.338 e. The van der Waals surface area contributed by atoms with Crippen molar-refractivity contribution >= 4 is 174 Å². The van der Waals surface area contributed by atoms with Crippen LogP contribution in [0.4, 0.5) is 17.1 Å². The fourth-order valence-electron chi connectivity index (χ4n) is 6.18. The summed E-state index contributed by atoms with van der Waals surface area (Å²) in [6, 6.07) is 29.5. The molecular formula is C56H73Cl6N9O8S3. The maximum Gasteiger partial charge on any atom is 0.338 e. The van der Waals surface area contributed by atoms with E-state index in [-0.39, 0.29) is 71.0 Å². The summed E-state index contributed by atoms with van der Waals surface area (Å²) in [4.78, 5) is 70.3. The molecule has 26 heteroatoms. The molecule has 4 aromatic rings. The molecule has 0 aliphatic rings. The van der Waals surface area contributed by atoms with Gasteiger partial charge in [-0.15, -0.1) is 0 Å². The van der Waals surface area contributed by atoms with Gasteiger partial charge in [0.2, 0.25) is 17.7 Å². The Morgan fingerprint density at radius 2 is 0.805 bits per heavy atom. The summed E-state index contributed by atoms with van der Waals surface area (Å²) >= 11 is 52.5.